The smallest absolute Gasteiger partial charge is 0.290 e. The Bertz CT molecular complexity index is 2350. The molecule has 0 radical (unpaired) electrons. The number of nitrogens with zero attached hydrogens (tertiary/aromatic N) is 3. The van der Waals surface area contributed by atoms with Crippen LogP contribution in [0.3, 0.4) is 0 Å². The zero-order chi connectivity index (χ0) is 48.9. The molecule has 6 atom stereocenters. The van der Waals surface area contributed by atoms with Crippen LogP contribution in [0.15, 0.2) is 66.0 Å². The van der Waals surface area contributed by atoms with E-state index in [0.717, 1.165) is 22.6 Å². The Kier molecular flexibility index (Phi) is 19.4. The first-order valence-electron chi connectivity index (χ1n) is 20.9. The summed E-state index contributed by atoms with van der Waals surface area (Å²) in [6.07, 6.45) is -1.17. The van der Waals surface area contributed by atoms with Gasteiger partial charge < -0.3 is 30.9 Å². The molecule has 0 bridgehead atoms. The summed E-state index contributed by atoms with van der Waals surface area (Å²) in [6, 6.07) is 5.12. The second-order valence-electron chi connectivity index (χ2n) is 16.1. The van der Waals surface area contributed by atoms with Crippen LogP contribution in [0.25, 0.3) is 0 Å². The number of ketones is 1. The maximum Gasteiger partial charge on any atom is 0.290 e. The minimum absolute atomic E-state index is 0.0471. The van der Waals surface area contributed by atoms with Crippen molar-refractivity contribution < 1.29 is 55.5 Å². The van der Waals surface area contributed by atoms with Gasteiger partial charge in [0.15, 0.2) is 0 Å². The number of hydrogen-bond acceptors (Lipinski definition) is 12. The highest BCUT2D eigenvalue weighted by molar-refractivity contribution is 7.90. The number of aryl methyl sites for hydroxylation is 1. The van der Waals surface area contributed by atoms with Gasteiger partial charge in [-0.25, -0.2) is 26.9 Å². The molecular formula is C43H52Cl2F2N8O10S. The van der Waals surface area contributed by atoms with Gasteiger partial charge in [-0.2, -0.15) is 0 Å². The number of nitrogens with one attached hydrogen (secondary N) is 5. The van der Waals surface area contributed by atoms with Gasteiger partial charge in [0.1, 0.15) is 34.8 Å². The lowest BCUT2D eigenvalue weighted by Crippen LogP contribution is -2.59. The van der Waals surface area contributed by atoms with Crippen molar-refractivity contribution >= 4 is 74.5 Å². The number of carbonyl (C=O) groups excluding carboxylic acids is 7. The van der Waals surface area contributed by atoms with Gasteiger partial charge in [-0.05, 0) is 48.4 Å². The molecule has 4 rings (SSSR count). The van der Waals surface area contributed by atoms with Gasteiger partial charge in [0.2, 0.25) is 29.9 Å². The molecule has 1 fully saturated rings. The van der Waals surface area contributed by atoms with E-state index in [9.17, 15) is 50.8 Å². The Morgan fingerprint density at radius 2 is 1.62 bits per heavy atom. The number of hydrogen-bond donors (Lipinski definition) is 5. The molecule has 2 aromatic carbocycles. The van der Waals surface area contributed by atoms with Crippen LogP contribution in [0.5, 0.6) is 0 Å². The molecule has 1 aliphatic rings. The third kappa shape index (κ3) is 14.9. The molecule has 1 saturated heterocycles. The average molecular weight is 982 g/mol. The number of Topliss-reactive ketones (excluding diaryl/α,β-unsaturated/α-hetero) is 1. The van der Waals surface area contributed by atoms with Crippen LogP contribution >= 0.6 is 23.2 Å². The van der Waals surface area contributed by atoms with Crippen molar-refractivity contribution in [3.63, 3.8) is 0 Å². The molecule has 0 saturated carbocycles. The van der Waals surface area contributed by atoms with E-state index >= 15 is 0 Å². The monoisotopic (exact) mass is 980 g/mol. The number of ether oxygens (including phenoxy) is 1. The molecule has 2 heterocycles. The highest BCUT2D eigenvalue weighted by atomic mass is 35.5. The van der Waals surface area contributed by atoms with Gasteiger partial charge in [-0.1, -0.05) is 87.6 Å². The normalized spacial score (nSPS) is 16.7. The number of halogens is 4. The highest BCUT2D eigenvalue weighted by Gasteiger charge is 2.45. The standard InChI is InChI=1S/C43H52Cl2F2N8O10S/c1-6-24(4)37(53-39(58)31(14-23(2)3)52-40(59)32-19-48-12-13-49-32)43(62)55-21-27(65-22-26-10-8-7-9-11-26)16-33(55)41(60)51-30(18-35(46)47)38(57)42(61)50-20-36(56)54-66(63,64)34-15-25(5)28(44)17-29(34)45/h7-13,15,17,19,23-24,27,30-31,33,35,37H,6,14,16,18,20-22H2,1-5H3,(H,50,61)(H,51,60)(H,52,59)(H,53,58)(H,54,56)/t24-,27-,30+,31+,33+,37+/m1/s1. The molecule has 0 unspecified atom stereocenters. The fraction of sp³-hybridized carbons (Fsp3) is 0.465. The minimum Gasteiger partial charge on any atom is -0.372 e. The van der Waals surface area contributed by atoms with Gasteiger partial charge in [0, 0.05) is 36.8 Å². The third-order valence-corrected chi connectivity index (χ3v) is 12.8. The third-order valence-electron chi connectivity index (χ3n) is 10.5. The van der Waals surface area contributed by atoms with E-state index in [-0.39, 0.29) is 47.7 Å². The minimum atomic E-state index is -4.61. The molecule has 6 amide bonds. The molecule has 3 aromatic rings. The van der Waals surface area contributed by atoms with Gasteiger partial charge in [0.05, 0.1) is 30.5 Å². The van der Waals surface area contributed by atoms with Crippen molar-refractivity contribution in [2.24, 2.45) is 11.8 Å². The zero-order valence-corrected chi connectivity index (χ0v) is 39.0. The molecule has 1 aromatic heterocycles. The number of likely N-dealkylation sites (tertiary alicyclic amines) is 1. The number of aromatic nitrogens is 2. The Balaban J connectivity index is 1.55. The van der Waals surface area contributed by atoms with Crippen molar-refractivity contribution in [2.45, 2.75) is 109 Å². The lowest BCUT2D eigenvalue weighted by Gasteiger charge is -2.33. The highest BCUT2D eigenvalue weighted by Crippen LogP contribution is 2.29. The van der Waals surface area contributed by atoms with Crippen molar-refractivity contribution in [1.29, 1.82) is 0 Å². The summed E-state index contributed by atoms with van der Waals surface area (Å²) in [5.41, 5.74) is 1.03. The number of sulfonamides is 1. The first kappa shape index (κ1) is 53.0. The molecule has 0 aliphatic carbocycles. The molecule has 18 nitrogen and oxygen atoms in total. The Hall–Kier alpha value is -5.64. The van der Waals surface area contributed by atoms with E-state index in [2.05, 4.69) is 25.9 Å². The quantitative estimate of drug-likeness (QED) is 0.0911. The summed E-state index contributed by atoms with van der Waals surface area (Å²) < 4.78 is 61.4. The topological polar surface area (TPSA) is 252 Å². The van der Waals surface area contributed by atoms with Gasteiger partial charge in [0.25, 0.3) is 27.7 Å². The van der Waals surface area contributed by atoms with Crippen LogP contribution in [0.1, 0.15) is 75.0 Å². The van der Waals surface area contributed by atoms with Gasteiger partial charge in [-0.15, -0.1) is 0 Å². The molecule has 1 aliphatic heterocycles. The fourth-order valence-corrected chi connectivity index (χ4v) is 8.64. The van der Waals surface area contributed by atoms with Crippen LogP contribution in [0.2, 0.25) is 10.0 Å². The maximum absolute atomic E-state index is 14.6. The van der Waals surface area contributed by atoms with Crippen molar-refractivity contribution in [3.8, 4) is 0 Å². The lowest BCUT2D eigenvalue weighted by molar-refractivity contribution is -0.144. The van der Waals surface area contributed by atoms with Crippen LogP contribution in [0, 0.1) is 18.8 Å². The Morgan fingerprint density at radius 3 is 2.24 bits per heavy atom. The Labute approximate surface area is 390 Å². The molecule has 0 spiro atoms. The van der Waals surface area contributed by atoms with E-state index in [1.54, 1.807) is 48.9 Å². The summed E-state index contributed by atoms with van der Waals surface area (Å²) in [7, 11) is -4.61. The molecule has 23 heteroatoms. The predicted molar refractivity (Wildman–Crippen MR) is 236 cm³/mol. The van der Waals surface area contributed by atoms with Crippen molar-refractivity contribution in [1.82, 2.24) is 40.9 Å². The second-order valence-corrected chi connectivity index (χ2v) is 18.5. The molecular weight excluding hydrogens is 929 g/mol. The van der Waals surface area contributed by atoms with E-state index in [0.29, 0.717) is 12.0 Å². The molecule has 66 heavy (non-hydrogen) atoms. The van der Waals surface area contributed by atoms with Crippen molar-refractivity contribution in [2.75, 3.05) is 13.1 Å². The SMILES string of the molecule is CC[C@@H](C)[C@H](NC(=O)[C@H](CC(C)C)NC(=O)c1cnccn1)C(=O)N1C[C@H](OCc2ccccc2)C[C@H]1C(=O)N[C@@H](CC(F)F)C(=O)C(=O)NCC(=O)NS(=O)(=O)c1cc(C)c(Cl)cc1Cl. The van der Waals surface area contributed by atoms with Crippen LogP contribution in [-0.4, -0.2) is 114 Å². The molecule has 5 N–H and O–H groups in total. The van der Waals surface area contributed by atoms with E-state index in [1.165, 1.54) is 25.5 Å². The van der Waals surface area contributed by atoms with Crippen LogP contribution < -0.4 is 26.0 Å². The summed E-state index contributed by atoms with van der Waals surface area (Å²) >= 11 is 12.0. The summed E-state index contributed by atoms with van der Waals surface area (Å²) in [6.45, 7) is 7.34. The van der Waals surface area contributed by atoms with Crippen LogP contribution in [-0.2, 0) is 50.1 Å². The average Bonchev–Trinajstić information content (AvgIpc) is 3.71. The number of benzene rings is 2. The number of carbonyl (C=O) groups is 7. The van der Waals surface area contributed by atoms with E-state index in [1.807, 2.05) is 19.2 Å². The summed E-state index contributed by atoms with van der Waals surface area (Å²) in [5.74, 6) is -8.45. The van der Waals surface area contributed by atoms with E-state index < -0.39 is 112 Å². The predicted octanol–water partition coefficient (Wildman–Crippen LogP) is 3.28. The first-order chi connectivity index (χ1) is 31.1. The molecule has 358 valence electrons. The van der Waals surface area contributed by atoms with Gasteiger partial charge in [-0.3, -0.25) is 38.5 Å². The number of amides is 6. The van der Waals surface area contributed by atoms with Crippen LogP contribution in [0.4, 0.5) is 8.78 Å². The zero-order valence-electron chi connectivity index (χ0n) is 36.7. The second kappa shape index (κ2) is 24.2. The number of rotatable bonds is 22. The Morgan fingerprint density at radius 1 is 0.924 bits per heavy atom. The fourth-order valence-electron chi connectivity index (χ4n) is 6.83. The first-order valence-corrected chi connectivity index (χ1v) is 23.1. The largest absolute Gasteiger partial charge is 0.372 e. The number of alkyl halides is 2. The summed E-state index contributed by atoms with van der Waals surface area (Å²) in [5, 5.41) is 9.28. The summed E-state index contributed by atoms with van der Waals surface area (Å²) in [4.78, 5) is 103. The van der Waals surface area contributed by atoms with E-state index in [4.69, 9.17) is 27.9 Å². The van der Waals surface area contributed by atoms with Crippen molar-refractivity contribution in [3.05, 3.63) is 87.9 Å². The lowest BCUT2D eigenvalue weighted by atomic mass is 9.96. The van der Waals surface area contributed by atoms with Gasteiger partial charge >= 0.3 is 0 Å². The maximum atomic E-state index is 14.6.